The third-order valence-electron chi connectivity index (χ3n) is 6.74. The first-order chi connectivity index (χ1) is 17.8. The third kappa shape index (κ3) is 4.01. The molecule has 3 aromatic rings. The maximum absolute atomic E-state index is 15.2. The molecule has 11 heteroatoms. The molecule has 0 saturated carbocycles. The van der Waals surface area contributed by atoms with Crippen molar-refractivity contribution in [3.8, 4) is 34.1 Å². The summed E-state index contributed by atoms with van der Waals surface area (Å²) in [7, 11) is 3.16. The fourth-order valence-corrected chi connectivity index (χ4v) is 5.21. The highest BCUT2D eigenvalue weighted by Crippen LogP contribution is 2.46. The van der Waals surface area contributed by atoms with Crippen molar-refractivity contribution < 1.29 is 23.5 Å². The van der Waals surface area contributed by atoms with Crippen LogP contribution in [0.1, 0.15) is 15.9 Å². The number of aryl methyl sites for hydroxylation is 2. The summed E-state index contributed by atoms with van der Waals surface area (Å²) in [6.07, 6.45) is 2.91. The topological polar surface area (TPSA) is 89.8 Å². The molecule has 2 aliphatic heterocycles. The summed E-state index contributed by atoms with van der Waals surface area (Å²) in [5, 5.41) is 4.31. The van der Waals surface area contributed by atoms with Gasteiger partial charge >= 0.3 is 0 Å². The van der Waals surface area contributed by atoms with Crippen LogP contribution in [0.5, 0.6) is 11.5 Å². The molecule has 192 valence electrons. The Kier molecular flexibility index (Phi) is 6.36. The van der Waals surface area contributed by atoms with Crippen molar-refractivity contribution in [2.24, 2.45) is 7.05 Å². The van der Waals surface area contributed by atoms with Crippen LogP contribution in [-0.2, 0) is 11.8 Å². The number of fused-ring (bicyclic) bond motifs is 2. The summed E-state index contributed by atoms with van der Waals surface area (Å²) in [6.45, 7) is 6.42. The number of halogens is 2. The van der Waals surface area contributed by atoms with Gasteiger partial charge in [0.15, 0.2) is 5.75 Å². The van der Waals surface area contributed by atoms with Gasteiger partial charge < -0.3 is 19.3 Å². The normalized spacial score (nSPS) is 17.0. The Labute approximate surface area is 218 Å². The smallest absolute Gasteiger partial charge is 0.260 e. The minimum atomic E-state index is -0.586. The van der Waals surface area contributed by atoms with E-state index in [-0.39, 0.29) is 64.0 Å². The van der Waals surface area contributed by atoms with E-state index in [0.717, 1.165) is 5.56 Å². The monoisotopic (exact) mass is 525 g/mol. The van der Waals surface area contributed by atoms with Crippen LogP contribution in [0.25, 0.3) is 22.6 Å². The van der Waals surface area contributed by atoms with E-state index in [0.29, 0.717) is 18.8 Å². The van der Waals surface area contributed by atoms with Crippen LogP contribution >= 0.6 is 11.6 Å². The lowest BCUT2D eigenvalue weighted by Crippen LogP contribution is -2.57. The first kappa shape index (κ1) is 24.8. The number of benzene rings is 1. The number of ether oxygens (including phenoxy) is 2. The summed E-state index contributed by atoms with van der Waals surface area (Å²) in [6, 6.07) is 4.00. The van der Waals surface area contributed by atoms with E-state index in [9.17, 15) is 9.59 Å². The van der Waals surface area contributed by atoms with Gasteiger partial charge in [0.25, 0.3) is 5.91 Å². The quantitative estimate of drug-likeness (QED) is 0.484. The van der Waals surface area contributed by atoms with Crippen LogP contribution < -0.4 is 9.47 Å². The SMILES string of the molecule is C=CC(=O)N1CCN2C(=O)c3c(-c4c(C)cnn4C)nc(-c4c(F)cccc4OC)c(Cl)c3OCC2C1. The molecule has 0 N–H and O–H groups in total. The molecule has 1 fully saturated rings. The molecule has 2 aliphatic rings. The number of carbonyl (C=O) groups excluding carboxylic acids is 2. The Balaban J connectivity index is 1.74. The highest BCUT2D eigenvalue weighted by molar-refractivity contribution is 6.35. The minimum Gasteiger partial charge on any atom is -0.496 e. The van der Waals surface area contributed by atoms with Crippen molar-refractivity contribution in [2.45, 2.75) is 13.0 Å². The highest BCUT2D eigenvalue weighted by atomic mass is 35.5. The van der Waals surface area contributed by atoms with Crippen molar-refractivity contribution in [1.82, 2.24) is 24.6 Å². The fraction of sp³-hybridized carbons (Fsp3) is 0.308. The van der Waals surface area contributed by atoms with Gasteiger partial charge in [-0.25, -0.2) is 9.37 Å². The molecule has 1 aromatic carbocycles. The lowest BCUT2D eigenvalue weighted by atomic mass is 10.0. The van der Waals surface area contributed by atoms with E-state index in [1.54, 1.807) is 33.8 Å². The van der Waals surface area contributed by atoms with Gasteiger partial charge in [0.2, 0.25) is 5.91 Å². The molecule has 37 heavy (non-hydrogen) atoms. The fourth-order valence-electron chi connectivity index (χ4n) is 4.92. The molecule has 1 unspecified atom stereocenters. The molecular formula is C26H25ClFN5O4. The second-order valence-electron chi connectivity index (χ2n) is 8.90. The van der Waals surface area contributed by atoms with E-state index in [2.05, 4.69) is 11.7 Å². The summed E-state index contributed by atoms with van der Waals surface area (Å²) in [5.41, 5.74) is 1.91. The number of aromatic nitrogens is 3. The molecule has 1 atom stereocenters. The van der Waals surface area contributed by atoms with Gasteiger partial charge in [0.1, 0.15) is 40.1 Å². The third-order valence-corrected chi connectivity index (χ3v) is 7.09. The van der Waals surface area contributed by atoms with E-state index in [1.807, 2.05) is 6.92 Å². The zero-order valence-corrected chi connectivity index (χ0v) is 21.4. The number of carbonyl (C=O) groups is 2. The van der Waals surface area contributed by atoms with Gasteiger partial charge in [0, 0.05) is 26.7 Å². The Morgan fingerprint density at radius 3 is 2.76 bits per heavy atom. The molecule has 5 rings (SSSR count). The van der Waals surface area contributed by atoms with Crippen molar-refractivity contribution in [3.63, 3.8) is 0 Å². The van der Waals surface area contributed by atoms with E-state index >= 15 is 4.39 Å². The minimum absolute atomic E-state index is 0.00538. The Hall–Kier alpha value is -3.92. The van der Waals surface area contributed by atoms with E-state index in [4.69, 9.17) is 26.1 Å². The maximum atomic E-state index is 15.2. The van der Waals surface area contributed by atoms with Crippen LogP contribution in [0.15, 0.2) is 37.1 Å². The van der Waals surface area contributed by atoms with Crippen molar-refractivity contribution in [1.29, 1.82) is 0 Å². The van der Waals surface area contributed by atoms with Crippen LogP contribution in [0.2, 0.25) is 5.02 Å². The standard InChI is InChI=1S/C26H25ClFN5O4/c1-5-18(34)32-9-10-33-15(12-32)13-37-25-20(26(33)35)23(24-14(2)11-29-31(24)3)30-22(21(25)27)19-16(28)7-6-8-17(19)36-4/h5-8,11,15H,1,9-10,12-13H2,2-4H3. The van der Waals surface area contributed by atoms with Crippen molar-refractivity contribution in [2.75, 3.05) is 33.4 Å². The average Bonchev–Trinajstić information content (AvgIpc) is 3.15. The van der Waals surface area contributed by atoms with E-state index in [1.165, 1.54) is 25.3 Å². The molecule has 4 heterocycles. The summed E-state index contributed by atoms with van der Waals surface area (Å²) in [4.78, 5) is 34.3. The van der Waals surface area contributed by atoms with Gasteiger partial charge in [0.05, 0.1) is 30.6 Å². The number of methoxy groups -OCH3 is 1. The molecule has 0 aliphatic carbocycles. The van der Waals surface area contributed by atoms with Gasteiger partial charge in [-0.2, -0.15) is 5.10 Å². The average molecular weight is 526 g/mol. The maximum Gasteiger partial charge on any atom is 0.260 e. The molecule has 1 saturated heterocycles. The Bertz CT molecular complexity index is 1420. The number of hydrogen-bond donors (Lipinski definition) is 0. The second-order valence-corrected chi connectivity index (χ2v) is 9.27. The molecular weight excluding hydrogens is 501 g/mol. The Morgan fingerprint density at radius 2 is 2.08 bits per heavy atom. The lowest BCUT2D eigenvalue weighted by Gasteiger charge is -2.39. The van der Waals surface area contributed by atoms with Crippen LogP contribution in [0.3, 0.4) is 0 Å². The number of piperazine rings is 1. The second kappa shape index (κ2) is 9.51. The van der Waals surface area contributed by atoms with Gasteiger partial charge in [-0.05, 0) is 30.7 Å². The first-order valence-electron chi connectivity index (χ1n) is 11.7. The summed E-state index contributed by atoms with van der Waals surface area (Å²) < 4.78 is 28.4. The lowest BCUT2D eigenvalue weighted by molar-refractivity contribution is -0.128. The zero-order valence-electron chi connectivity index (χ0n) is 20.6. The van der Waals surface area contributed by atoms with Crippen molar-refractivity contribution in [3.05, 3.63) is 59.0 Å². The number of rotatable bonds is 4. The predicted molar refractivity (Wildman–Crippen MR) is 135 cm³/mol. The Morgan fingerprint density at radius 1 is 1.30 bits per heavy atom. The molecule has 0 spiro atoms. The largest absolute Gasteiger partial charge is 0.496 e. The number of nitrogens with zero attached hydrogens (tertiary/aromatic N) is 5. The number of amides is 2. The van der Waals surface area contributed by atoms with Crippen LogP contribution in [0, 0.1) is 12.7 Å². The molecule has 0 radical (unpaired) electrons. The van der Waals surface area contributed by atoms with Crippen LogP contribution in [0.4, 0.5) is 4.39 Å². The van der Waals surface area contributed by atoms with Gasteiger partial charge in [-0.3, -0.25) is 14.3 Å². The molecule has 2 aromatic heterocycles. The van der Waals surface area contributed by atoms with Gasteiger partial charge in [-0.1, -0.05) is 24.2 Å². The summed E-state index contributed by atoms with van der Waals surface area (Å²) >= 11 is 6.83. The predicted octanol–water partition coefficient (Wildman–Crippen LogP) is 3.49. The molecule has 9 nitrogen and oxygen atoms in total. The van der Waals surface area contributed by atoms with Gasteiger partial charge in [-0.15, -0.1) is 0 Å². The highest BCUT2D eigenvalue weighted by Gasteiger charge is 2.40. The molecule has 2 amide bonds. The number of hydrogen-bond acceptors (Lipinski definition) is 6. The summed E-state index contributed by atoms with van der Waals surface area (Å²) in [5.74, 6) is -0.794. The van der Waals surface area contributed by atoms with E-state index < -0.39 is 11.9 Å². The first-order valence-corrected chi connectivity index (χ1v) is 12.0. The van der Waals surface area contributed by atoms with Crippen molar-refractivity contribution >= 4 is 23.4 Å². The molecule has 0 bridgehead atoms. The zero-order chi connectivity index (χ0) is 26.4. The number of pyridine rings is 1. The van der Waals surface area contributed by atoms with Crippen LogP contribution in [-0.4, -0.2) is 75.8 Å².